The zero-order valence-corrected chi connectivity index (χ0v) is 40.0. The smallest absolute Gasteiger partial charge is 0.308 e. The quantitative estimate of drug-likeness (QED) is 0.118. The van der Waals surface area contributed by atoms with Crippen LogP contribution in [-0.2, 0) is 30.9 Å². The summed E-state index contributed by atoms with van der Waals surface area (Å²) in [5.41, 5.74) is -9.46. The highest BCUT2D eigenvalue weighted by atomic mass is 19.4. The zero-order chi connectivity index (χ0) is 56.1. The number of nitrogens with zero attached hydrogens (tertiary/aromatic N) is 4. The van der Waals surface area contributed by atoms with Gasteiger partial charge in [-0.2, -0.15) is 65.9 Å². The Balaban J connectivity index is 0.00000241. The van der Waals surface area contributed by atoms with E-state index < -0.39 is 69.8 Å². The molecule has 0 N–H and O–H groups in total. The summed E-state index contributed by atoms with van der Waals surface area (Å²) < 4.78 is 218. The van der Waals surface area contributed by atoms with Crippen LogP contribution < -0.4 is 0 Å². The summed E-state index contributed by atoms with van der Waals surface area (Å²) in [6.45, 7) is 5.25. The Morgan fingerprint density at radius 1 is 0.346 bits per heavy atom. The SMILES string of the molecule is C=CC.FC(F)(F)c1ccc(-c2ccc3c4ccc(-c5ccc(C(F)(F)F)cc5C(F)(F)F)cc4n(-c4cc(-c5ccccc5C(F)(F)F)ccc4-c4nc(-c5ccccc5)nc(-c5ccccc5)n4)c3c2)c(C(F)(F)F)c1. The van der Waals surface area contributed by atoms with Crippen molar-refractivity contribution in [1.29, 1.82) is 0 Å². The van der Waals surface area contributed by atoms with E-state index in [1.807, 2.05) is 6.92 Å². The summed E-state index contributed by atoms with van der Waals surface area (Å²) in [7, 11) is 0. The van der Waals surface area contributed by atoms with E-state index in [4.69, 9.17) is 15.0 Å². The molecule has 396 valence electrons. The zero-order valence-electron chi connectivity index (χ0n) is 40.0. The fourth-order valence-electron chi connectivity index (χ4n) is 9.01. The molecule has 0 atom stereocenters. The van der Waals surface area contributed by atoms with Crippen LogP contribution in [0.3, 0.4) is 0 Å². The summed E-state index contributed by atoms with van der Waals surface area (Å²) in [6, 6.07) is 34.9. The molecule has 0 amide bonds. The van der Waals surface area contributed by atoms with Gasteiger partial charge < -0.3 is 4.57 Å². The molecule has 0 aliphatic carbocycles. The molecule has 19 heteroatoms. The molecule has 0 bridgehead atoms. The standard InChI is InChI=1S/C56H29F15N4.C3H6/c57-52(58,59)35-18-23-38(44(28-35)55(66,67)68)33-15-20-40-41-21-16-34(39-24-19-36(53(60,61)62)29-45(39)56(69,70)71)26-47(41)75(46(40)25-33)48-27-32(37-13-7-8-14-43(37)54(63,64)65)17-22-42(48)51-73-49(30-9-3-1-4-10-30)72-50(74-51)31-11-5-2-6-12-31;1-3-2/h1-29H;3H,1H2,2H3. The van der Waals surface area contributed by atoms with E-state index in [2.05, 4.69) is 6.58 Å². The largest absolute Gasteiger partial charge is 0.417 e. The number of hydrogen-bond donors (Lipinski definition) is 0. The van der Waals surface area contributed by atoms with Gasteiger partial charge in [0.1, 0.15) is 0 Å². The van der Waals surface area contributed by atoms with E-state index in [-0.39, 0.29) is 84.9 Å². The summed E-state index contributed by atoms with van der Waals surface area (Å²) in [6.07, 6.45) is -24.3. The van der Waals surface area contributed by atoms with E-state index >= 15 is 0 Å². The van der Waals surface area contributed by atoms with Gasteiger partial charge in [0.25, 0.3) is 0 Å². The molecule has 78 heavy (non-hydrogen) atoms. The molecular weight excluding hydrogens is 1050 g/mol. The molecule has 0 radical (unpaired) electrons. The molecule has 10 rings (SSSR count). The number of aromatic nitrogens is 4. The minimum atomic E-state index is -5.36. The highest BCUT2D eigenvalue weighted by Crippen LogP contribution is 2.47. The number of alkyl halides is 15. The number of rotatable bonds is 7. The minimum absolute atomic E-state index is 0.0191. The lowest BCUT2D eigenvalue weighted by Crippen LogP contribution is -2.12. The van der Waals surface area contributed by atoms with Crippen molar-refractivity contribution in [2.75, 3.05) is 0 Å². The van der Waals surface area contributed by atoms with Gasteiger partial charge in [0, 0.05) is 27.5 Å². The van der Waals surface area contributed by atoms with Gasteiger partial charge in [-0.05, 0) is 94.9 Å². The van der Waals surface area contributed by atoms with Gasteiger partial charge in [0.05, 0.1) is 44.5 Å². The molecule has 4 nitrogen and oxygen atoms in total. The lowest BCUT2D eigenvalue weighted by Gasteiger charge is -2.19. The maximum Gasteiger partial charge on any atom is 0.417 e. The summed E-state index contributed by atoms with van der Waals surface area (Å²) in [4.78, 5) is 14.3. The fraction of sp³-hybridized carbons (Fsp3) is 0.102. The van der Waals surface area contributed by atoms with Crippen LogP contribution in [0.25, 0.3) is 95.0 Å². The number of halogens is 15. The molecule has 0 fully saturated rings. The number of benzene rings is 8. The van der Waals surface area contributed by atoms with E-state index in [1.54, 1.807) is 66.7 Å². The minimum Gasteiger partial charge on any atom is -0.308 e. The molecule has 0 saturated heterocycles. The van der Waals surface area contributed by atoms with Gasteiger partial charge in [0.2, 0.25) is 0 Å². The Hall–Kier alpha value is -8.74. The van der Waals surface area contributed by atoms with Crippen molar-refractivity contribution >= 4 is 21.8 Å². The highest BCUT2D eigenvalue weighted by molar-refractivity contribution is 6.12. The van der Waals surface area contributed by atoms with Crippen LogP contribution >= 0.6 is 0 Å². The first-order valence-corrected chi connectivity index (χ1v) is 23.2. The normalized spacial score (nSPS) is 12.4. The molecule has 0 unspecified atom stereocenters. The van der Waals surface area contributed by atoms with Crippen LogP contribution in [0, 0.1) is 0 Å². The topological polar surface area (TPSA) is 43.6 Å². The van der Waals surface area contributed by atoms with Gasteiger partial charge in [-0.25, -0.2) is 15.0 Å². The molecular formula is C59H35F15N4. The first kappa shape index (κ1) is 54.1. The number of hydrogen-bond acceptors (Lipinski definition) is 3. The Morgan fingerprint density at radius 2 is 0.705 bits per heavy atom. The van der Waals surface area contributed by atoms with Gasteiger partial charge in [0.15, 0.2) is 17.5 Å². The van der Waals surface area contributed by atoms with Gasteiger partial charge in [-0.3, -0.25) is 0 Å². The third-order valence-corrected chi connectivity index (χ3v) is 12.4. The van der Waals surface area contributed by atoms with Crippen molar-refractivity contribution in [2.45, 2.75) is 37.8 Å². The third kappa shape index (κ3) is 10.8. The monoisotopic (exact) mass is 1080 g/mol. The molecule has 2 heterocycles. The van der Waals surface area contributed by atoms with Crippen molar-refractivity contribution in [2.24, 2.45) is 0 Å². The molecule has 0 aliphatic rings. The van der Waals surface area contributed by atoms with Gasteiger partial charge >= 0.3 is 30.9 Å². The molecule has 0 aliphatic heterocycles. The molecule has 0 spiro atoms. The average molecular weight is 1080 g/mol. The van der Waals surface area contributed by atoms with E-state index in [1.165, 1.54) is 71.3 Å². The van der Waals surface area contributed by atoms with Gasteiger partial charge in [-0.1, -0.05) is 127 Å². The fourth-order valence-corrected chi connectivity index (χ4v) is 9.01. The second kappa shape index (κ2) is 20.3. The number of fused-ring (bicyclic) bond motifs is 3. The van der Waals surface area contributed by atoms with Crippen LogP contribution in [-0.4, -0.2) is 19.5 Å². The molecule has 10 aromatic rings. The van der Waals surface area contributed by atoms with Crippen molar-refractivity contribution in [3.05, 3.63) is 216 Å². The van der Waals surface area contributed by atoms with E-state index in [0.29, 0.717) is 35.4 Å². The summed E-state index contributed by atoms with van der Waals surface area (Å²) in [5.74, 6) is 0.0835. The summed E-state index contributed by atoms with van der Waals surface area (Å²) >= 11 is 0. The van der Waals surface area contributed by atoms with Crippen molar-refractivity contribution < 1.29 is 65.9 Å². The van der Waals surface area contributed by atoms with Crippen LogP contribution in [0.4, 0.5) is 65.9 Å². The number of allylic oxidation sites excluding steroid dienone is 1. The van der Waals surface area contributed by atoms with Crippen molar-refractivity contribution in [3.63, 3.8) is 0 Å². The second-order valence-corrected chi connectivity index (χ2v) is 17.5. The van der Waals surface area contributed by atoms with E-state index in [9.17, 15) is 65.9 Å². The predicted octanol–water partition coefficient (Wildman–Crippen LogP) is 19.3. The van der Waals surface area contributed by atoms with Gasteiger partial charge in [-0.15, -0.1) is 6.58 Å². The highest BCUT2D eigenvalue weighted by Gasteiger charge is 2.40. The van der Waals surface area contributed by atoms with E-state index in [0.717, 1.165) is 12.1 Å². The Labute approximate surface area is 433 Å². The lowest BCUT2D eigenvalue weighted by molar-refractivity contribution is -0.144. The first-order valence-electron chi connectivity index (χ1n) is 23.2. The molecule has 2 aromatic heterocycles. The van der Waals surface area contributed by atoms with Crippen LogP contribution in [0.1, 0.15) is 34.7 Å². The third-order valence-electron chi connectivity index (χ3n) is 12.4. The average Bonchev–Trinajstić information content (AvgIpc) is 4.00. The van der Waals surface area contributed by atoms with Crippen LogP contribution in [0.5, 0.6) is 0 Å². The van der Waals surface area contributed by atoms with Crippen LogP contribution in [0.2, 0.25) is 0 Å². The van der Waals surface area contributed by atoms with Crippen molar-refractivity contribution in [1.82, 2.24) is 19.5 Å². The summed E-state index contributed by atoms with van der Waals surface area (Å²) in [5, 5.41) is 0.337. The lowest BCUT2D eigenvalue weighted by atomic mass is 9.95. The Kier molecular flexibility index (Phi) is 14.1. The predicted molar refractivity (Wildman–Crippen MR) is 268 cm³/mol. The molecule has 0 saturated carbocycles. The molecule has 8 aromatic carbocycles. The van der Waals surface area contributed by atoms with Crippen LogP contribution in [0.15, 0.2) is 189 Å². The maximum atomic E-state index is 14.8. The maximum absolute atomic E-state index is 14.8. The Bertz CT molecular complexity index is 3680. The second-order valence-electron chi connectivity index (χ2n) is 17.5. The first-order chi connectivity index (χ1) is 36.8. The Morgan fingerprint density at radius 3 is 1.13 bits per heavy atom. The van der Waals surface area contributed by atoms with Crippen molar-refractivity contribution in [3.8, 4) is 73.2 Å².